The van der Waals surface area contributed by atoms with E-state index in [4.69, 9.17) is 4.74 Å². The third-order valence-corrected chi connectivity index (χ3v) is 6.80. The van der Waals surface area contributed by atoms with Crippen LogP contribution < -0.4 is 9.64 Å². The normalized spacial score (nSPS) is 16.5. The average molecular weight is 484 g/mol. The number of halogens is 3. The number of alkyl halides is 3. The van der Waals surface area contributed by atoms with Crippen LogP contribution in [0.3, 0.4) is 0 Å². The van der Waals surface area contributed by atoms with Gasteiger partial charge in [-0.3, -0.25) is 9.69 Å². The van der Waals surface area contributed by atoms with Crippen molar-refractivity contribution in [1.82, 2.24) is 9.80 Å². The number of ether oxygens (including phenoxy) is 1. The standard InChI is InChI=1S/C27H28F3N3O2/c28-27(29,30)26(34)33-18-21-9-10-23(17-22(21)19-33)35-16-4-11-31-12-14-32(15-13-31)25-8-3-6-20-5-1-2-7-24(20)25/h1-3,5-10,17H,4,11-16,18-19H2. The van der Waals surface area contributed by atoms with Crippen molar-refractivity contribution in [3.63, 3.8) is 0 Å². The zero-order valence-electron chi connectivity index (χ0n) is 19.4. The summed E-state index contributed by atoms with van der Waals surface area (Å²) in [7, 11) is 0. The van der Waals surface area contributed by atoms with E-state index in [1.165, 1.54) is 16.5 Å². The molecule has 2 heterocycles. The second-order valence-electron chi connectivity index (χ2n) is 9.12. The number of fused-ring (bicyclic) bond motifs is 2. The fraction of sp³-hybridized carbons (Fsp3) is 0.370. The number of hydrogen-bond donors (Lipinski definition) is 0. The van der Waals surface area contributed by atoms with Gasteiger partial charge < -0.3 is 14.5 Å². The molecule has 8 heteroatoms. The number of amides is 1. The smallest absolute Gasteiger partial charge is 0.471 e. The van der Waals surface area contributed by atoms with Gasteiger partial charge in [0, 0.05) is 56.9 Å². The first kappa shape index (κ1) is 23.5. The molecule has 0 radical (unpaired) electrons. The van der Waals surface area contributed by atoms with Crippen LogP contribution in [0.4, 0.5) is 18.9 Å². The van der Waals surface area contributed by atoms with Crippen molar-refractivity contribution in [2.45, 2.75) is 25.7 Å². The minimum Gasteiger partial charge on any atom is -0.494 e. The Morgan fingerprint density at radius 1 is 0.886 bits per heavy atom. The molecule has 2 aliphatic rings. The molecule has 0 N–H and O–H groups in total. The third kappa shape index (κ3) is 5.22. The summed E-state index contributed by atoms with van der Waals surface area (Å²) >= 11 is 0. The van der Waals surface area contributed by atoms with Crippen molar-refractivity contribution in [2.75, 3.05) is 44.2 Å². The van der Waals surface area contributed by atoms with E-state index in [2.05, 4.69) is 52.3 Å². The molecule has 5 rings (SSSR count). The molecule has 0 atom stereocenters. The molecule has 1 saturated heterocycles. The van der Waals surface area contributed by atoms with E-state index in [9.17, 15) is 18.0 Å². The molecule has 3 aromatic carbocycles. The Bertz CT molecular complexity index is 1200. The largest absolute Gasteiger partial charge is 0.494 e. The Labute approximate surface area is 202 Å². The molecule has 184 valence electrons. The van der Waals surface area contributed by atoms with Crippen LogP contribution in [0.25, 0.3) is 10.8 Å². The van der Waals surface area contributed by atoms with Crippen LogP contribution in [0.15, 0.2) is 60.7 Å². The Balaban J connectivity index is 1.07. The zero-order valence-corrected chi connectivity index (χ0v) is 19.4. The summed E-state index contributed by atoms with van der Waals surface area (Å²) in [6.45, 7) is 5.36. The first-order valence-corrected chi connectivity index (χ1v) is 11.9. The summed E-state index contributed by atoms with van der Waals surface area (Å²) in [5, 5.41) is 2.55. The lowest BCUT2D eigenvalue weighted by molar-refractivity contribution is -0.186. The summed E-state index contributed by atoms with van der Waals surface area (Å²) in [6.07, 6.45) is -3.98. The topological polar surface area (TPSA) is 36.0 Å². The molecule has 0 aliphatic carbocycles. The molecule has 2 aliphatic heterocycles. The molecule has 3 aromatic rings. The number of nitrogens with zero attached hydrogens (tertiary/aromatic N) is 3. The Morgan fingerprint density at radius 2 is 1.63 bits per heavy atom. The van der Waals surface area contributed by atoms with E-state index >= 15 is 0 Å². The second kappa shape index (κ2) is 9.77. The number of hydrogen-bond acceptors (Lipinski definition) is 4. The van der Waals surface area contributed by atoms with Crippen LogP contribution >= 0.6 is 0 Å². The van der Waals surface area contributed by atoms with Crippen LogP contribution in [0.2, 0.25) is 0 Å². The summed E-state index contributed by atoms with van der Waals surface area (Å²) in [5.74, 6) is -1.16. The number of anilines is 1. The lowest BCUT2D eigenvalue weighted by atomic mass is 10.1. The Morgan fingerprint density at radius 3 is 2.43 bits per heavy atom. The van der Waals surface area contributed by atoms with Gasteiger partial charge in [-0.15, -0.1) is 0 Å². The van der Waals surface area contributed by atoms with Crippen molar-refractivity contribution >= 4 is 22.4 Å². The van der Waals surface area contributed by atoms with E-state index in [0.29, 0.717) is 17.9 Å². The predicted molar refractivity (Wildman–Crippen MR) is 129 cm³/mol. The van der Waals surface area contributed by atoms with Crippen LogP contribution in [0.1, 0.15) is 17.5 Å². The maximum atomic E-state index is 12.7. The SMILES string of the molecule is O=C(N1Cc2ccc(OCCCN3CCN(c4cccc5ccccc45)CC3)cc2C1)C(F)(F)F. The summed E-state index contributed by atoms with van der Waals surface area (Å²) in [5.41, 5.74) is 2.74. The van der Waals surface area contributed by atoms with Gasteiger partial charge in [-0.25, -0.2) is 0 Å². The lowest BCUT2D eigenvalue weighted by Crippen LogP contribution is -2.46. The number of rotatable bonds is 6. The fourth-order valence-corrected chi connectivity index (χ4v) is 4.96. The molecular weight excluding hydrogens is 455 g/mol. The molecule has 0 aromatic heterocycles. The van der Waals surface area contributed by atoms with Gasteiger partial charge >= 0.3 is 12.1 Å². The van der Waals surface area contributed by atoms with Crippen LogP contribution in [0.5, 0.6) is 5.75 Å². The number of benzene rings is 3. The highest BCUT2D eigenvalue weighted by molar-refractivity contribution is 5.94. The van der Waals surface area contributed by atoms with E-state index in [0.717, 1.165) is 49.6 Å². The lowest BCUT2D eigenvalue weighted by Gasteiger charge is -2.36. The van der Waals surface area contributed by atoms with Gasteiger partial charge in [-0.2, -0.15) is 13.2 Å². The first-order valence-electron chi connectivity index (χ1n) is 11.9. The number of carbonyl (C=O) groups is 1. The zero-order chi connectivity index (χ0) is 24.4. The molecule has 0 saturated carbocycles. The minimum absolute atomic E-state index is 0.0152. The minimum atomic E-state index is -4.85. The maximum absolute atomic E-state index is 12.7. The quantitative estimate of drug-likeness (QED) is 0.471. The van der Waals surface area contributed by atoms with Crippen molar-refractivity contribution < 1.29 is 22.7 Å². The molecule has 0 unspecified atom stereocenters. The molecular formula is C27H28F3N3O2. The third-order valence-electron chi connectivity index (χ3n) is 6.80. The molecule has 1 amide bonds. The van der Waals surface area contributed by atoms with Gasteiger partial charge in [0.05, 0.1) is 6.61 Å². The fourth-order valence-electron chi connectivity index (χ4n) is 4.96. The highest BCUT2D eigenvalue weighted by Crippen LogP contribution is 2.30. The Kier molecular flexibility index (Phi) is 6.56. The van der Waals surface area contributed by atoms with Crippen LogP contribution in [0, 0.1) is 0 Å². The summed E-state index contributed by atoms with van der Waals surface area (Å²) in [6, 6.07) is 20.2. The molecule has 1 fully saturated rings. The van der Waals surface area contributed by atoms with Crippen molar-refractivity contribution in [2.24, 2.45) is 0 Å². The second-order valence-corrected chi connectivity index (χ2v) is 9.12. The first-order chi connectivity index (χ1) is 16.9. The Hall–Kier alpha value is -3.26. The van der Waals surface area contributed by atoms with Crippen LogP contribution in [-0.4, -0.2) is 61.2 Å². The highest BCUT2D eigenvalue weighted by Gasteiger charge is 2.44. The van der Waals surface area contributed by atoms with Gasteiger partial charge in [-0.05, 0) is 41.1 Å². The summed E-state index contributed by atoms with van der Waals surface area (Å²) in [4.78, 5) is 17.2. The number of piperazine rings is 1. The van der Waals surface area contributed by atoms with E-state index in [1.807, 2.05) is 0 Å². The molecule has 5 nitrogen and oxygen atoms in total. The maximum Gasteiger partial charge on any atom is 0.471 e. The van der Waals surface area contributed by atoms with Crippen molar-refractivity contribution in [1.29, 1.82) is 0 Å². The average Bonchev–Trinajstić information content (AvgIpc) is 3.29. The van der Waals surface area contributed by atoms with Gasteiger partial charge in [0.15, 0.2) is 0 Å². The molecule has 0 bridgehead atoms. The highest BCUT2D eigenvalue weighted by atomic mass is 19.4. The van der Waals surface area contributed by atoms with Crippen molar-refractivity contribution in [3.8, 4) is 5.75 Å². The molecule has 35 heavy (non-hydrogen) atoms. The van der Waals surface area contributed by atoms with Gasteiger partial charge in [0.25, 0.3) is 0 Å². The monoisotopic (exact) mass is 483 g/mol. The van der Waals surface area contributed by atoms with E-state index in [-0.39, 0.29) is 13.1 Å². The van der Waals surface area contributed by atoms with E-state index in [1.54, 1.807) is 18.2 Å². The van der Waals surface area contributed by atoms with Gasteiger partial charge in [0.1, 0.15) is 5.75 Å². The van der Waals surface area contributed by atoms with Gasteiger partial charge in [-0.1, -0.05) is 42.5 Å². The predicted octanol–water partition coefficient (Wildman–Crippen LogP) is 4.84. The van der Waals surface area contributed by atoms with E-state index < -0.39 is 12.1 Å². The molecule has 0 spiro atoms. The summed E-state index contributed by atoms with van der Waals surface area (Å²) < 4.78 is 44.0. The number of carbonyl (C=O) groups excluding carboxylic acids is 1. The van der Waals surface area contributed by atoms with Crippen molar-refractivity contribution in [3.05, 3.63) is 71.8 Å². The van der Waals surface area contributed by atoms with Crippen LogP contribution in [-0.2, 0) is 17.9 Å². The van der Waals surface area contributed by atoms with Gasteiger partial charge in [0.2, 0.25) is 0 Å².